The highest BCUT2D eigenvalue weighted by atomic mass is 31.1. The Kier molecular flexibility index (Phi) is 6.10. The molecule has 0 aliphatic carbocycles. The van der Waals surface area contributed by atoms with E-state index in [4.69, 9.17) is 14.8 Å². The molecular weight excluding hydrogens is 199 g/mol. The quantitative estimate of drug-likeness (QED) is 0.503. The van der Waals surface area contributed by atoms with Crippen LogP contribution in [0.25, 0.3) is 0 Å². The summed E-state index contributed by atoms with van der Waals surface area (Å²) in [5, 5.41) is 3.23. The number of likely N-dealkylation sites (N-methyl/N-ethyl adjacent to an activating group) is 1. The first-order chi connectivity index (χ1) is 6.37. The minimum Gasteiger partial charge on any atom is -0.371 e. The molecule has 0 aliphatic heterocycles. The molecule has 0 heterocycles. The summed E-state index contributed by atoms with van der Waals surface area (Å²) in [7, 11) is 1.98. The van der Waals surface area contributed by atoms with Crippen molar-refractivity contribution < 1.29 is 9.26 Å². The molecule has 0 aromatic rings. The molecule has 0 aliphatic rings. The van der Waals surface area contributed by atoms with E-state index in [2.05, 4.69) is 33.0 Å². The van der Waals surface area contributed by atoms with Gasteiger partial charge in [0.1, 0.15) is 0 Å². The number of rotatable bonds is 7. The van der Waals surface area contributed by atoms with Crippen LogP contribution in [-0.2, 0) is 9.26 Å². The standard InChI is InChI=1S/C9H23N2O2P/c1-8(2,11-5)9(3,4)12-6-7-13-14-10/h11,14H,6-7,10H2,1-5H3. The summed E-state index contributed by atoms with van der Waals surface area (Å²) in [4.78, 5) is 0. The fourth-order valence-electron chi connectivity index (χ4n) is 0.879. The molecule has 14 heavy (non-hydrogen) atoms. The largest absolute Gasteiger partial charge is 0.371 e. The van der Waals surface area contributed by atoms with Crippen LogP contribution in [-0.4, -0.2) is 31.4 Å². The topological polar surface area (TPSA) is 56.5 Å². The van der Waals surface area contributed by atoms with Gasteiger partial charge in [-0.1, -0.05) is 0 Å². The molecule has 4 nitrogen and oxygen atoms in total. The fraction of sp³-hybridized carbons (Fsp3) is 1.00. The normalized spacial score (nSPS) is 14.1. The molecule has 1 unspecified atom stereocenters. The van der Waals surface area contributed by atoms with E-state index >= 15 is 0 Å². The summed E-state index contributed by atoms with van der Waals surface area (Å²) < 4.78 is 10.8. The molecule has 1 atom stereocenters. The van der Waals surface area contributed by atoms with Crippen molar-refractivity contribution in [1.29, 1.82) is 0 Å². The fourth-order valence-corrected chi connectivity index (χ4v) is 1.08. The van der Waals surface area contributed by atoms with Gasteiger partial charge in [-0.15, -0.1) is 0 Å². The smallest absolute Gasteiger partial charge is 0.0834 e. The maximum atomic E-state index is 5.75. The van der Waals surface area contributed by atoms with E-state index in [-0.39, 0.29) is 20.1 Å². The molecular formula is C9H23N2O2P. The zero-order chi connectivity index (χ0) is 11.2. The number of nitrogens with two attached hydrogens (primary N) is 1. The second-order valence-electron chi connectivity index (χ2n) is 4.20. The predicted molar refractivity (Wildman–Crippen MR) is 61.6 cm³/mol. The van der Waals surface area contributed by atoms with Crippen LogP contribution in [0, 0.1) is 0 Å². The summed E-state index contributed by atoms with van der Waals surface area (Å²) in [6, 6.07) is 0. The summed E-state index contributed by atoms with van der Waals surface area (Å²) >= 11 is 0. The lowest BCUT2D eigenvalue weighted by molar-refractivity contribution is -0.0784. The van der Waals surface area contributed by atoms with Crippen LogP contribution in [0.1, 0.15) is 27.7 Å². The summed E-state index contributed by atoms with van der Waals surface area (Å²) in [5.41, 5.74) is 4.92. The van der Waals surface area contributed by atoms with Crippen LogP contribution in [0.2, 0.25) is 0 Å². The number of nitrogens with one attached hydrogen (secondary N) is 1. The van der Waals surface area contributed by atoms with Crippen molar-refractivity contribution in [1.82, 2.24) is 5.32 Å². The minimum atomic E-state index is -0.233. The third-order valence-corrected chi connectivity index (χ3v) is 3.23. The van der Waals surface area contributed by atoms with Gasteiger partial charge in [0, 0.05) is 5.54 Å². The highest BCUT2D eigenvalue weighted by Crippen LogP contribution is 2.24. The van der Waals surface area contributed by atoms with Crippen molar-refractivity contribution in [2.75, 3.05) is 20.3 Å². The number of ether oxygens (including phenoxy) is 1. The molecule has 0 radical (unpaired) electrons. The van der Waals surface area contributed by atoms with Crippen LogP contribution in [0.15, 0.2) is 0 Å². The molecule has 0 fully saturated rings. The Bertz CT molecular complexity index is 163. The molecule has 0 saturated heterocycles. The Morgan fingerprint density at radius 1 is 1.21 bits per heavy atom. The molecule has 0 rings (SSSR count). The van der Waals surface area contributed by atoms with E-state index in [1.807, 2.05) is 7.05 Å². The van der Waals surface area contributed by atoms with Crippen LogP contribution >= 0.6 is 8.96 Å². The van der Waals surface area contributed by atoms with Crippen LogP contribution in [0.5, 0.6) is 0 Å². The molecule has 0 aromatic heterocycles. The molecule has 5 heteroatoms. The third-order valence-electron chi connectivity index (χ3n) is 2.86. The van der Waals surface area contributed by atoms with E-state index in [0.717, 1.165) is 0 Å². The number of hydrogen-bond donors (Lipinski definition) is 2. The lowest BCUT2D eigenvalue weighted by atomic mass is 9.86. The van der Waals surface area contributed by atoms with Gasteiger partial charge >= 0.3 is 0 Å². The Morgan fingerprint density at radius 2 is 1.79 bits per heavy atom. The zero-order valence-electron chi connectivity index (χ0n) is 9.81. The molecule has 0 saturated carbocycles. The van der Waals surface area contributed by atoms with Crippen molar-refractivity contribution in [2.24, 2.45) is 5.50 Å². The second kappa shape index (κ2) is 5.99. The Hall–Kier alpha value is 0.270. The second-order valence-corrected chi connectivity index (χ2v) is 4.72. The summed E-state index contributed by atoms with van der Waals surface area (Å²) in [5.74, 6) is 0. The van der Waals surface area contributed by atoms with E-state index in [0.29, 0.717) is 13.2 Å². The van der Waals surface area contributed by atoms with Gasteiger partial charge in [-0.25, -0.2) is 0 Å². The molecule has 3 N–H and O–H groups in total. The minimum absolute atomic E-state index is 0.0423. The highest BCUT2D eigenvalue weighted by molar-refractivity contribution is 7.29. The lowest BCUT2D eigenvalue weighted by Crippen LogP contribution is -2.56. The average molecular weight is 222 g/mol. The third kappa shape index (κ3) is 4.20. The van der Waals surface area contributed by atoms with Gasteiger partial charge in [-0.05, 0) is 34.7 Å². The monoisotopic (exact) mass is 222 g/mol. The van der Waals surface area contributed by atoms with Crippen molar-refractivity contribution >= 4 is 8.96 Å². The van der Waals surface area contributed by atoms with Gasteiger partial charge in [-0.3, -0.25) is 5.50 Å². The van der Waals surface area contributed by atoms with Crippen molar-refractivity contribution in [3.63, 3.8) is 0 Å². The zero-order valence-corrected chi connectivity index (χ0v) is 10.8. The first-order valence-corrected chi connectivity index (χ1v) is 5.76. The van der Waals surface area contributed by atoms with Crippen molar-refractivity contribution in [3.05, 3.63) is 0 Å². The van der Waals surface area contributed by atoms with Gasteiger partial charge in [0.15, 0.2) is 0 Å². The first-order valence-electron chi connectivity index (χ1n) is 4.77. The average Bonchev–Trinajstić information content (AvgIpc) is 2.12. The van der Waals surface area contributed by atoms with E-state index in [1.165, 1.54) is 0 Å². The van der Waals surface area contributed by atoms with Crippen molar-refractivity contribution in [3.8, 4) is 0 Å². The molecule has 86 valence electrons. The van der Waals surface area contributed by atoms with Gasteiger partial charge in [0.2, 0.25) is 0 Å². The molecule has 0 amide bonds. The lowest BCUT2D eigenvalue weighted by Gasteiger charge is -2.41. The van der Waals surface area contributed by atoms with Gasteiger partial charge < -0.3 is 14.6 Å². The molecule has 0 aromatic carbocycles. The highest BCUT2D eigenvalue weighted by Gasteiger charge is 2.36. The molecule has 0 bridgehead atoms. The van der Waals surface area contributed by atoms with E-state index < -0.39 is 0 Å². The number of hydrogen-bond acceptors (Lipinski definition) is 4. The molecule has 0 spiro atoms. The predicted octanol–water partition coefficient (Wildman–Crippen LogP) is 1.26. The Balaban J connectivity index is 3.94. The van der Waals surface area contributed by atoms with Crippen LogP contribution in [0.3, 0.4) is 0 Å². The van der Waals surface area contributed by atoms with Crippen molar-refractivity contribution in [2.45, 2.75) is 38.8 Å². The van der Waals surface area contributed by atoms with Gasteiger partial charge in [-0.2, -0.15) is 0 Å². The van der Waals surface area contributed by atoms with Gasteiger partial charge in [0.25, 0.3) is 0 Å². The van der Waals surface area contributed by atoms with Gasteiger partial charge in [0.05, 0.1) is 27.8 Å². The van der Waals surface area contributed by atoms with Crippen LogP contribution in [0.4, 0.5) is 0 Å². The summed E-state index contributed by atoms with van der Waals surface area (Å²) in [6.07, 6.45) is 0. The van der Waals surface area contributed by atoms with E-state index in [1.54, 1.807) is 0 Å². The maximum absolute atomic E-state index is 5.75. The van der Waals surface area contributed by atoms with Crippen LogP contribution < -0.4 is 10.8 Å². The first kappa shape index (κ1) is 14.3. The SMILES string of the molecule is CNC(C)(C)C(C)(C)OCCOPN. The summed E-state index contributed by atoms with van der Waals surface area (Å²) in [6.45, 7) is 9.47. The Labute approximate surface area is 88.8 Å². The van der Waals surface area contributed by atoms with E-state index in [9.17, 15) is 0 Å². The Morgan fingerprint density at radius 3 is 2.21 bits per heavy atom. The maximum Gasteiger partial charge on any atom is 0.0834 e.